The van der Waals surface area contributed by atoms with Gasteiger partial charge in [0.25, 0.3) is 0 Å². The summed E-state index contributed by atoms with van der Waals surface area (Å²) in [5.74, 6) is 0. The number of nitrogens with one attached hydrogen (secondary N) is 2. The molecule has 0 aliphatic carbocycles. The van der Waals surface area contributed by atoms with E-state index in [1.807, 2.05) is 13.0 Å². The normalized spacial score (nSPS) is 14.9. The molecule has 1 aliphatic heterocycles. The number of carbonyl (C=O) groups excluding carboxylic acids is 1. The van der Waals surface area contributed by atoms with Gasteiger partial charge in [0.2, 0.25) is 0 Å². The van der Waals surface area contributed by atoms with Gasteiger partial charge in [0, 0.05) is 12.2 Å². The van der Waals surface area contributed by atoms with Crippen LogP contribution in [0.5, 0.6) is 0 Å². The summed E-state index contributed by atoms with van der Waals surface area (Å²) in [6, 6.07) is 6.20. The zero-order valence-electron chi connectivity index (χ0n) is 9.54. The molecule has 0 radical (unpaired) electrons. The lowest BCUT2D eigenvalue weighted by atomic mass is 10.0. The maximum atomic E-state index is 11.1. The predicted octanol–water partition coefficient (Wildman–Crippen LogP) is 2.07. The SMILES string of the molecule is COC(=O)NC(C)c1ccc2c(c1)NCC2. The van der Waals surface area contributed by atoms with Crippen molar-refractivity contribution >= 4 is 11.8 Å². The number of hydrogen-bond donors (Lipinski definition) is 2. The molecule has 1 unspecified atom stereocenters. The highest BCUT2D eigenvalue weighted by Gasteiger charge is 2.14. The van der Waals surface area contributed by atoms with Gasteiger partial charge in [0.1, 0.15) is 0 Å². The average molecular weight is 220 g/mol. The summed E-state index contributed by atoms with van der Waals surface area (Å²) in [5, 5.41) is 6.07. The number of fused-ring (bicyclic) bond motifs is 1. The number of methoxy groups -OCH3 is 1. The van der Waals surface area contributed by atoms with E-state index in [-0.39, 0.29) is 6.04 Å². The van der Waals surface area contributed by atoms with Gasteiger partial charge in [0.05, 0.1) is 13.2 Å². The minimum atomic E-state index is -0.402. The van der Waals surface area contributed by atoms with Crippen molar-refractivity contribution in [2.75, 3.05) is 19.0 Å². The first kappa shape index (κ1) is 10.8. The van der Waals surface area contributed by atoms with Gasteiger partial charge in [-0.25, -0.2) is 4.79 Å². The second-order valence-corrected chi connectivity index (χ2v) is 3.95. The first-order valence-electron chi connectivity index (χ1n) is 5.42. The van der Waals surface area contributed by atoms with E-state index < -0.39 is 6.09 Å². The molecule has 2 rings (SSSR count). The van der Waals surface area contributed by atoms with Crippen LogP contribution in [-0.2, 0) is 11.2 Å². The Hall–Kier alpha value is -1.71. The number of hydrogen-bond acceptors (Lipinski definition) is 3. The molecular formula is C12H16N2O2. The Morgan fingerprint density at radius 2 is 2.38 bits per heavy atom. The largest absolute Gasteiger partial charge is 0.453 e. The van der Waals surface area contributed by atoms with Crippen LogP contribution < -0.4 is 10.6 Å². The molecular weight excluding hydrogens is 204 g/mol. The van der Waals surface area contributed by atoms with Gasteiger partial charge in [-0.15, -0.1) is 0 Å². The lowest BCUT2D eigenvalue weighted by Crippen LogP contribution is -2.26. The third-order valence-corrected chi connectivity index (χ3v) is 2.86. The van der Waals surface area contributed by atoms with Crippen molar-refractivity contribution in [2.45, 2.75) is 19.4 Å². The molecule has 0 saturated carbocycles. The fourth-order valence-electron chi connectivity index (χ4n) is 1.90. The van der Waals surface area contributed by atoms with Crippen molar-refractivity contribution in [3.8, 4) is 0 Å². The van der Waals surface area contributed by atoms with Crippen LogP contribution in [0, 0.1) is 0 Å². The van der Waals surface area contributed by atoms with Gasteiger partial charge >= 0.3 is 6.09 Å². The third kappa shape index (κ3) is 2.10. The molecule has 0 fully saturated rings. The number of alkyl carbamates (subject to hydrolysis) is 1. The van der Waals surface area contributed by atoms with E-state index in [9.17, 15) is 4.79 Å². The number of anilines is 1. The Morgan fingerprint density at radius 1 is 1.56 bits per heavy atom. The standard InChI is InChI=1S/C12H16N2O2/c1-8(14-12(15)16-2)10-4-3-9-5-6-13-11(9)7-10/h3-4,7-8,13H,5-6H2,1-2H3,(H,14,15). The highest BCUT2D eigenvalue weighted by Crippen LogP contribution is 2.25. The monoisotopic (exact) mass is 220 g/mol. The Kier molecular flexibility index (Phi) is 2.99. The summed E-state index contributed by atoms with van der Waals surface area (Å²) in [6.45, 7) is 2.94. The van der Waals surface area contributed by atoms with Crippen LogP contribution in [0.15, 0.2) is 18.2 Å². The molecule has 1 amide bonds. The van der Waals surface area contributed by atoms with E-state index >= 15 is 0 Å². The van der Waals surface area contributed by atoms with Crippen LogP contribution in [0.2, 0.25) is 0 Å². The minimum Gasteiger partial charge on any atom is -0.453 e. The van der Waals surface area contributed by atoms with Gasteiger partial charge in [0.15, 0.2) is 0 Å². The lowest BCUT2D eigenvalue weighted by Gasteiger charge is -2.14. The molecule has 16 heavy (non-hydrogen) atoms. The summed E-state index contributed by atoms with van der Waals surface area (Å²) >= 11 is 0. The highest BCUT2D eigenvalue weighted by molar-refractivity contribution is 5.68. The molecule has 86 valence electrons. The van der Waals surface area contributed by atoms with Crippen molar-refractivity contribution < 1.29 is 9.53 Å². The van der Waals surface area contributed by atoms with Gasteiger partial charge in [-0.1, -0.05) is 12.1 Å². The summed E-state index contributed by atoms with van der Waals surface area (Å²) in [5.41, 5.74) is 3.60. The van der Waals surface area contributed by atoms with Crippen LogP contribution in [-0.4, -0.2) is 19.7 Å². The van der Waals surface area contributed by atoms with Crippen LogP contribution in [0.1, 0.15) is 24.1 Å². The molecule has 1 heterocycles. The third-order valence-electron chi connectivity index (χ3n) is 2.86. The van der Waals surface area contributed by atoms with Crippen molar-refractivity contribution in [3.05, 3.63) is 29.3 Å². The molecule has 1 atom stereocenters. The van der Waals surface area contributed by atoms with Crippen LogP contribution in [0.4, 0.5) is 10.5 Å². The van der Waals surface area contributed by atoms with Crippen molar-refractivity contribution in [3.63, 3.8) is 0 Å². The number of amides is 1. The van der Waals surface area contributed by atoms with Crippen molar-refractivity contribution in [1.29, 1.82) is 0 Å². The molecule has 0 spiro atoms. The first-order valence-corrected chi connectivity index (χ1v) is 5.42. The Morgan fingerprint density at radius 3 is 3.12 bits per heavy atom. The van der Waals surface area contributed by atoms with Gasteiger partial charge in [-0.3, -0.25) is 0 Å². The maximum Gasteiger partial charge on any atom is 0.407 e. The number of carbonyl (C=O) groups is 1. The molecule has 2 N–H and O–H groups in total. The van der Waals surface area contributed by atoms with Crippen molar-refractivity contribution in [1.82, 2.24) is 5.32 Å². The zero-order valence-corrected chi connectivity index (χ0v) is 9.54. The maximum absolute atomic E-state index is 11.1. The number of benzene rings is 1. The number of rotatable bonds is 2. The molecule has 0 saturated heterocycles. The van der Waals surface area contributed by atoms with E-state index in [0.29, 0.717) is 0 Å². The number of ether oxygens (including phenoxy) is 1. The summed E-state index contributed by atoms with van der Waals surface area (Å²) < 4.78 is 4.57. The van der Waals surface area contributed by atoms with Crippen LogP contribution in [0.3, 0.4) is 0 Å². The van der Waals surface area contributed by atoms with Gasteiger partial charge in [-0.2, -0.15) is 0 Å². The van der Waals surface area contributed by atoms with Gasteiger partial charge in [-0.05, 0) is 30.5 Å². The molecule has 1 aromatic rings. The second kappa shape index (κ2) is 4.43. The Bertz CT molecular complexity index is 404. The fourth-order valence-corrected chi connectivity index (χ4v) is 1.90. The summed E-state index contributed by atoms with van der Waals surface area (Å²) in [6.07, 6.45) is 0.676. The van der Waals surface area contributed by atoms with E-state index in [1.165, 1.54) is 18.4 Å². The summed E-state index contributed by atoms with van der Waals surface area (Å²) in [7, 11) is 1.37. The molecule has 0 bridgehead atoms. The van der Waals surface area contributed by atoms with E-state index in [0.717, 1.165) is 18.5 Å². The Labute approximate surface area is 95.0 Å². The quantitative estimate of drug-likeness (QED) is 0.802. The van der Waals surface area contributed by atoms with E-state index in [1.54, 1.807) is 0 Å². The molecule has 1 aromatic carbocycles. The van der Waals surface area contributed by atoms with E-state index in [4.69, 9.17) is 0 Å². The molecule has 0 aromatic heterocycles. The van der Waals surface area contributed by atoms with E-state index in [2.05, 4.69) is 27.5 Å². The van der Waals surface area contributed by atoms with Crippen LogP contribution in [0.25, 0.3) is 0 Å². The average Bonchev–Trinajstić information content (AvgIpc) is 2.75. The highest BCUT2D eigenvalue weighted by atomic mass is 16.5. The molecule has 1 aliphatic rings. The smallest absolute Gasteiger partial charge is 0.407 e. The minimum absolute atomic E-state index is 0.0415. The van der Waals surface area contributed by atoms with Crippen LogP contribution >= 0.6 is 0 Å². The molecule has 4 nitrogen and oxygen atoms in total. The predicted molar refractivity (Wildman–Crippen MR) is 62.6 cm³/mol. The summed E-state index contributed by atoms with van der Waals surface area (Å²) in [4.78, 5) is 11.1. The first-order chi connectivity index (χ1) is 7.70. The topological polar surface area (TPSA) is 50.4 Å². The van der Waals surface area contributed by atoms with Crippen molar-refractivity contribution in [2.24, 2.45) is 0 Å². The lowest BCUT2D eigenvalue weighted by molar-refractivity contribution is 0.167. The second-order valence-electron chi connectivity index (χ2n) is 3.95. The zero-order chi connectivity index (χ0) is 11.5. The fraction of sp³-hybridized carbons (Fsp3) is 0.417. The molecule has 4 heteroatoms. The Balaban J connectivity index is 2.12. The van der Waals surface area contributed by atoms with Gasteiger partial charge < -0.3 is 15.4 Å².